The smallest absolute Gasteiger partial charge is 0.293 e. The molecule has 1 spiro atoms. The molecular weight excluding hydrogens is 553 g/mol. The molecule has 0 saturated carbocycles. The van der Waals surface area contributed by atoms with Crippen LogP contribution >= 0.6 is 23.2 Å². The highest BCUT2D eigenvalue weighted by Crippen LogP contribution is 2.40. The lowest BCUT2D eigenvalue weighted by Gasteiger charge is -2.54. The van der Waals surface area contributed by atoms with Gasteiger partial charge in [-0.3, -0.25) is 15.2 Å². The van der Waals surface area contributed by atoms with Crippen LogP contribution in [0.4, 0.5) is 11.6 Å². The number of anilines is 2. The van der Waals surface area contributed by atoms with Crippen molar-refractivity contribution in [2.24, 2.45) is 5.41 Å². The Morgan fingerprint density at radius 1 is 1.15 bits per heavy atom. The minimum absolute atomic E-state index is 0.168. The Kier molecular flexibility index (Phi) is 9.78. The number of halogens is 2. The number of nitrogens with zero attached hydrogens (tertiary/aromatic N) is 5. The SMILES string of the molecule is CCOC=O.CN1CCCC2(C1)CN(c1ncc(C(=N)c3cc(OCc4c(Cl)cncc4Cl)ccc3N)cn1)C2. The van der Waals surface area contributed by atoms with Gasteiger partial charge in [0.2, 0.25) is 5.95 Å². The van der Waals surface area contributed by atoms with Crippen LogP contribution in [0.1, 0.15) is 36.5 Å². The summed E-state index contributed by atoms with van der Waals surface area (Å²) in [6.07, 6.45) is 8.92. The monoisotopic (exact) mass is 585 g/mol. The molecular formula is C28H33Cl2N7O3. The normalized spacial score (nSPS) is 15.9. The van der Waals surface area contributed by atoms with E-state index in [9.17, 15) is 4.79 Å². The molecule has 10 nitrogen and oxygen atoms in total. The van der Waals surface area contributed by atoms with Gasteiger partial charge in [0.05, 0.1) is 22.4 Å². The average molecular weight is 587 g/mol. The number of pyridine rings is 1. The second-order valence-corrected chi connectivity index (χ2v) is 10.8. The molecule has 40 heavy (non-hydrogen) atoms. The second-order valence-electron chi connectivity index (χ2n) is 10.0. The molecule has 212 valence electrons. The van der Waals surface area contributed by atoms with Gasteiger partial charge in [-0.15, -0.1) is 0 Å². The molecule has 0 bridgehead atoms. The predicted octanol–water partition coefficient (Wildman–Crippen LogP) is 4.47. The lowest BCUT2D eigenvalue weighted by molar-refractivity contribution is -0.128. The van der Waals surface area contributed by atoms with Crippen LogP contribution < -0.4 is 15.4 Å². The Balaban J connectivity index is 0.000000681. The number of benzene rings is 1. The minimum atomic E-state index is 0.168. The third kappa shape index (κ3) is 6.99. The maximum absolute atomic E-state index is 9.18. The van der Waals surface area contributed by atoms with E-state index in [0.29, 0.717) is 62.6 Å². The third-order valence-corrected chi connectivity index (χ3v) is 7.63. The van der Waals surface area contributed by atoms with Crippen LogP contribution in [-0.4, -0.2) is 71.9 Å². The molecule has 2 aliphatic rings. The van der Waals surface area contributed by atoms with Crippen molar-refractivity contribution >= 4 is 47.0 Å². The van der Waals surface area contributed by atoms with Crippen molar-refractivity contribution in [2.75, 3.05) is 50.5 Å². The number of carbonyl (C=O) groups is 1. The van der Waals surface area contributed by atoms with Crippen LogP contribution in [0.5, 0.6) is 5.75 Å². The highest BCUT2D eigenvalue weighted by molar-refractivity contribution is 6.35. The predicted molar refractivity (Wildman–Crippen MR) is 156 cm³/mol. The highest BCUT2D eigenvalue weighted by Gasteiger charge is 2.45. The Hall–Kier alpha value is -3.47. The number of nitrogens with two attached hydrogens (primary N) is 1. The maximum atomic E-state index is 9.18. The molecule has 3 N–H and O–H groups in total. The van der Waals surface area contributed by atoms with E-state index in [-0.39, 0.29) is 12.3 Å². The van der Waals surface area contributed by atoms with Gasteiger partial charge in [-0.05, 0) is 51.6 Å². The fourth-order valence-corrected chi connectivity index (χ4v) is 5.50. The minimum Gasteiger partial charge on any atom is -0.489 e. The quantitative estimate of drug-likeness (QED) is 0.223. The van der Waals surface area contributed by atoms with Crippen molar-refractivity contribution in [3.63, 3.8) is 0 Å². The van der Waals surface area contributed by atoms with Crippen LogP contribution in [-0.2, 0) is 16.1 Å². The zero-order valence-electron chi connectivity index (χ0n) is 22.6. The first kappa shape index (κ1) is 29.5. The van der Waals surface area contributed by atoms with Gasteiger partial charge in [0, 0.05) is 72.2 Å². The van der Waals surface area contributed by atoms with E-state index in [4.69, 9.17) is 39.1 Å². The van der Waals surface area contributed by atoms with E-state index in [0.717, 1.165) is 19.6 Å². The summed E-state index contributed by atoms with van der Waals surface area (Å²) in [5, 5.41) is 9.57. The Morgan fingerprint density at radius 3 is 2.45 bits per heavy atom. The number of carbonyl (C=O) groups excluding carboxylic acids is 1. The van der Waals surface area contributed by atoms with Crippen LogP contribution in [0.25, 0.3) is 0 Å². The molecule has 12 heteroatoms. The number of ether oxygens (including phenoxy) is 2. The fraction of sp³-hybridized carbons (Fsp3) is 0.393. The molecule has 2 saturated heterocycles. The van der Waals surface area contributed by atoms with Crippen molar-refractivity contribution in [3.8, 4) is 5.75 Å². The van der Waals surface area contributed by atoms with Crippen molar-refractivity contribution in [1.29, 1.82) is 5.41 Å². The summed E-state index contributed by atoms with van der Waals surface area (Å²) in [7, 11) is 2.19. The molecule has 0 unspecified atom stereocenters. The molecule has 0 radical (unpaired) electrons. The summed E-state index contributed by atoms with van der Waals surface area (Å²) in [6, 6.07) is 5.19. The van der Waals surface area contributed by atoms with E-state index in [1.807, 2.05) is 0 Å². The fourth-order valence-electron chi connectivity index (χ4n) is 5.03. The van der Waals surface area contributed by atoms with E-state index in [1.54, 1.807) is 37.5 Å². The molecule has 4 heterocycles. The Morgan fingerprint density at radius 2 is 1.85 bits per heavy atom. The number of hydrogen-bond acceptors (Lipinski definition) is 10. The maximum Gasteiger partial charge on any atom is 0.293 e. The molecule has 5 rings (SSSR count). The lowest BCUT2D eigenvalue weighted by Crippen LogP contribution is -2.63. The molecule has 0 aliphatic carbocycles. The number of nitrogen functional groups attached to an aromatic ring is 1. The first-order valence-electron chi connectivity index (χ1n) is 13.0. The number of hydrogen-bond donors (Lipinski definition) is 2. The van der Waals surface area contributed by atoms with E-state index in [1.165, 1.54) is 31.8 Å². The van der Waals surface area contributed by atoms with Gasteiger partial charge < -0.3 is 25.0 Å². The first-order chi connectivity index (χ1) is 19.2. The van der Waals surface area contributed by atoms with Crippen LogP contribution in [0.3, 0.4) is 0 Å². The third-order valence-electron chi connectivity index (χ3n) is 6.98. The standard InChI is InChI=1S/C25H27Cl2N7O.C3H6O2/c1-33-6-2-5-25(13-33)14-34(15-25)24-31-8-16(9-32-24)23(29)18-7-17(3-4-22(18)28)35-12-19-20(26)10-30-11-21(19)27;1-2-5-3-4/h3-4,7-11,29H,2,5-6,12-15,28H2,1H3;3H,2H2,1H3. The average Bonchev–Trinajstić information content (AvgIpc) is 2.93. The summed E-state index contributed by atoms with van der Waals surface area (Å²) < 4.78 is 10.0. The van der Waals surface area contributed by atoms with E-state index < -0.39 is 0 Å². The molecule has 0 amide bonds. The number of likely N-dealkylation sites (tertiary alicyclic amines) is 1. The summed E-state index contributed by atoms with van der Waals surface area (Å²) in [6.45, 7) is 7.09. The van der Waals surface area contributed by atoms with E-state index in [2.05, 4.69) is 36.5 Å². The topological polar surface area (TPSA) is 131 Å². The van der Waals surface area contributed by atoms with Gasteiger partial charge >= 0.3 is 0 Å². The zero-order chi connectivity index (χ0) is 28.7. The largest absolute Gasteiger partial charge is 0.489 e. The van der Waals surface area contributed by atoms with Crippen molar-refractivity contribution in [3.05, 3.63) is 69.7 Å². The second kappa shape index (κ2) is 13.3. The summed E-state index contributed by atoms with van der Waals surface area (Å²) in [5.41, 5.74) is 9.02. The summed E-state index contributed by atoms with van der Waals surface area (Å²) in [4.78, 5) is 26.8. The van der Waals surface area contributed by atoms with Crippen molar-refractivity contribution in [2.45, 2.75) is 26.4 Å². The molecule has 3 aromatic rings. The number of piperidine rings is 1. The van der Waals surface area contributed by atoms with Gasteiger partial charge in [-0.1, -0.05) is 23.2 Å². The lowest BCUT2D eigenvalue weighted by atomic mass is 9.73. The summed E-state index contributed by atoms with van der Waals surface area (Å²) in [5.74, 6) is 1.25. The van der Waals surface area contributed by atoms with Gasteiger partial charge in [-0.25, -0.2) is 9.97 Å². The number of nitrogens with one attached hydrogen (secondary N) is 1. The molecule has 2 aromatic heterocycles. The Bertz CT molecular complexity index is 1310. The highest BCUT2D eigenvalue weighted by atomic mass is 35.5. The first-order valence-corrected chi connectivity index (χ1v) is 13.7. The van der Waals surface area contributed by atoms with Gasteiger partial charge in [0.25, 0.3) is 6.47 Å². The Labute approximate surface area is 243 Å². The van der Waals surface area contributed by atoms with Crippen LogP contribution in [0.2, 0.25) is 10.0 Å². The molecule has 0 atom stereocenters. The van der Waals surface area contributed by atoms with Gasteiger partial charge in [0.1, 0.15) is 12.4 Å². The van der Waals surface area contributed by atoms with Crippen molar-refractivity contribution < 1.29 is 14.3 Å². The molecule has 2 fully saturated rings. The van der Waals surface area contributed by atoms with Crippen molar-refractivity contribution in [1.82, 2.24) is 19.9 Å². The number of aromatic nitrogens is 3. The number of rotatable bonds is 8. The molecule has 1 aromatic carbocycles. The van der Waals surface area contributed by atoms with E-state index >= 15 is 0 Å². The zero-order valence-corrected chi connectivity index (χ0v) is 24.1. The molecule has 2 aliphatic heterocycles. The van der Waals surface area contributed by atoms with Gasteiger partial charge in [-0.2, -0.15) is 0 Å². The summed E-state index contributed by atoms with van der Waals surface area (Å²) >= 11 is 12.4. The van der Waals surface area contributed by atoms with Gasteiger partial charge in [0.15, 0.2) is 0 Å². The van der Waals surface area contributed by atoms with Crippen LogP contribution in [0.15, 0.2) is 43.0 Å². The van der Waals surface area contributed by atoms with Crippen LogP contribution in [0, 0.1) is 10.8 Å².